The second-order valence-corrected chi connectivity index (χ2v) is 7.54. The zero-order valence-corrected chi connectivity index (χ0v) is 17.0. The molecule has 0 spiro atoms. The van der Waals surface area contributed by atoms with Crippen molar-refractivity contribution in [3.8, 4) is 0 Å². The Labute approximate surface area is 170 Å². The summed E-state index contributed by atoms with van der Waals surface area (Å²) in [7, 11) is 0. The number of hydrogen-bond donors (Lipinski definition) is 2. The van der Waals surface area contributed by atoms with Gasteiger partial charge in [-0.2, -0.15) is 12.6 Å². The number of thiol groups is 1. The summed E-state index contributed by atoms with van der Waals surface area (Å²) in [5.41, 5.74) is 0.757. The van der Waals surface area contributed by atoms with E-state index in [4.69, 9.17) is 9.57 Å². The first-order valence-corrected chi connectivity index (χ1v) is 9.49. The van der Waals surface area contributed by atoms with Crippen molar-refractivity contribution >= 4 is 24.8 Å². The Morgan fingerprint density at radius 1 is 1.00 bits per heavy atom. The Hall–Kier alpha value is -2.51. The van der Waals surface area contributed by atoms with E-state index in [1.165, 1.54) is 0 Å². The first-order chi connectivity index (χ1) is 13.2. The molecule has 0 aliphatic carbocycles. The molecule has 2 rings (SSSR count). The second-order valence-electron chi connectivity index (χ2n) is 7.18. The molecule has 0 heterocycles. The third kappa shape index (κ3) is 6.00. The van der Waals surface area contributed by atoms with Crippen molar-refractivity contribution in [1.82, 2.24) is 5.06 Å². The Morgan fingerprint density at radius 2 is 1.46 bits per heavy atom. The number of benzene rings is 2. The zero-order valence-electron chi connectivity index (χ0n) is 16.1. The lowest BCUT2D eigenvalue weighted by molar-refractivity contribution is -0.192. The summed E-state index contributed by atoms with van der Waals surface area (Å²) in [6.07, 6.45) is -0.975. The molecule has 0 aromatic heterocycles. The smallest absolute Gasteiger partial charge is 0.480 e. The highest BCUT2D eigenvalue weighted by Gasteiger charge is 2.37. The molecular weight excluding hydrogens is 378 g/mol. The molecule has 0 aliphatic rings. The number of carboxylic acid groups (broad SMARTS) is 1. The number of nitrogens with zero attached hydrogens (tertiary/aromatic N) is 1. The highest BCUT2D eigenvalue weighted by Crippen LogP contribution is 2.31. The van der Waals surface area contributed by atoms with Crippen LogP contribution in [-0.4, -0.2) is 39.7 Å². The number of carbonyl (C=O) groups is 2. The van der Waals surface area contributed by atoms with Crippen LogP contribution in [0.25, 0.3) is 0 Å². The summed E-state index contributed by atoms with van der Waals surface area (Å²) in [5.74, 6) is -1.22. The quantitative estimate of drug-likeness (QED) is 0.407. The minimum atomic E-state index is -1.18. The number of rotatable bonds is 7. The fourth-order valence-corrected chi connectivity index (χ4v) is 2.99. The number of hydroxylamine groups is 2. The summed E-state index contributed by atoms with van der Waals surface area (Å²) >= 11 is 4.17. The van der Waals surface area contributed by atoms with Crippen LogP contribution in [0.5, 0.6) is 0 Å². The Morgan fingerprint density at radius 3 is 1.82 bits per heavy atom. The van der Waals surface area contributed by atoms with Gasteiger partial charge in [-0.05, 0) is 31.9 Å². The van der Waals surface area contributed by atoms with Crippen molar-refractivity contribution in [3.05, 3.63) is 71.8 Å². The Kier molecular flexibility index (Phi) is 7.48. The molecule has 0 amide bonds. The van der Waals surface area contributed by atoms with Gasteiger partial charge >= 0.3 is 12.1 Å². The van der Waals surface area contributed by atoms with E-state index in [9.17, 15) is 14.7 Å². The first kappa shape index (κ1) is 21.8. The topological polar surface area (TPSA) is 76.1 Å². The zero-order chi connectivity index (χ0) is 20.7. The van der Waals surface area contributed by atoms with E-state index in [0.29, 0.717) is 0 Å². The molecule has 0 unspecified atom stereocenters. The van der Waals surface area contributed by atoms with Gasteiger partial charge in [0.15, 0.2) is 6.04 Å². The van der Waals surface area contributed by atoms with Crippen molar-refractivity contribution < 1.29 is 24.3 Å². The molecule has 2 aromatic rings. The monoisotopic (exact) mass is 403 g/mol. The largest absolute Gasteiger partial charge is 0.528 e. The standard InChI is InChI=1S/C21H25NO5S/c1-21(2,3)26-20(25)27-22(17(14-28)19(23)24)18(15-10-6-4-7-11-15)16-12-8-5-9-13-16/h4-13,17-18,28H,14H2,1-3H3,(H,23,24)/t17-/m1/s1. The fourth-order valence-electron chi connectivity index (χ4n) is 2.68. The lowest BCUT2D eigenvalue weighted by Gasteiger charge is -2.34. The second kappa shape index (κ2) is 9.61. The van der Waals surface area contributed by atoms with Crippen LogP contribution in [0, 0.1) is 0 Å². The van der Waals surface area contributed by atoms with Gasteiger partial charge < -0.3 is 14.7 Å². The number of aliphatic carboxylic acids is 1. The molecule has 2 aromatic carbocycles. The van der Waals surface area contributed by atoms with E-state index in [-0.39, 0.29) is 5.75 Å². The lowest BCUT2D eigenvalue weighted by atomic mass is 9.97. The van der Waals surface area contributed by atoms with Gasteiger partial charge in [0.25, 0.3) is 0 Å². The first-order valence-electron chi connectivity index (χ1n) is 8.86. The maximum Gasteiger partial charge on any atom is 0.528 e. The molecular formula is C21H25NO5S. The van der Waals surface area contributed by atoms with Gasteiger partial charge in [0.2, 0.25) is 0 Å². The van der Waals surface area contributed by atoms with E-state index in [1.807, 2.05) is 60.7 Å². The van der Waals surface area contributed by atoms with Crippen molar-refractivity contribution in [1.29, 1.82) is 0 Å². The van der Waals surface area contributed by atoms with Crippen molar-refractivity contribution in [2.24, 2.45) is 0 Å². The average Bonchev–Trinajstić information content (AvgIpc) is 2.62. The maximum atomic E-state index is 12.4. The minimum absolute atomic E-state index is 0.0612. The highest BCUT2D eigenvalue weighted by atomic mass is 32.1. The van der Waals surface area contributed by atoms with Gasteiger partial charge in [0.05, 0.1) is 6.04 Å². The molecule has 0 bridgehead atoms. The maximum absolute atomic E-state index is 12.4. The number of hydrogen-bond acceptors (Lipinski definition) is 6. The van der Waals surface area contributed by atoms with Gasteiger partial charge in [-0.15, -0.1) is 5.06 Å². The summed E-state index contributed by atoms with van der Waals surface area (Å²) in [6, 6.07) is 16.6. The molecule has 6 nitrogen and oxygen atoms in total. The molecule has 1 N–H and O–H groups in total. The Bertz CT molecular complexity index is 737. The van der Waals surface area contributed by atoms with Gasteiger partial charge in [0.1, 0.15) is 5.60 Å². The van der Waals surface area contributed by atoms with Gasteiger partial charge in [-0.3, -0.25) is 4.79 Å². The average molecular weight is 404 g/mol. The molecule has 0 saturated carbocycles. The summed E-state index contributed by atoms with van der Waals surface area (Å²) in [6.45, 7) is 5.12. The number of ether oxygens (including phenoxy) is 1. The van der Waals surface area contributed by atoms with Crippen molar-refractivity contribution in [3.63, 3.8) is 0 Å². The lowest BCUT2D eigenvalue weighted by Crippen LogP contribution is -2.47. The molecule has 28 heavy (non-hydrogen) atoms. The summed E-state index contributed by atoms with van der Waals surface area (Å²) < 4.78 is 5.24. The van der Waals surface area contributed by atoms with Crippen molar-refractivity contribution in [2.45, 2.75) is 38.5 Å². The normalized spacial score (nSPS) is 12.6. The summed E-state index contributed by atoms with van der Waals surface area (Å²) in [4.78, 5) is 29.7. The third-order valence-corrected chi connectivity index (χ3v) is 4.17. The van der Waals surface area contributed by atoms with Crippen LogP contribution >= 0.6 is 12.6 Å². The van der Waals surface area contributed by atoms with Crippen LogP contribution in [0.1, 0.15) is 37.9 Å². The number of carbonyl (C=O) groups excluding carboxylic acids is 1. The van der Waals surface area contributed by atoms with Crippen LogP contribution in [-0.2, 0) is 14.4 Å². The third-order valence-electron chi connectivity index (χ3n) is 3.82. The van der Waals surface area contributed by atoms with Gasteiger partial charge in [0, 0.05) is 5.75 Å². The van der Waals surface area contributed by atoms with E-state index >= 15 is 0 Å². The van der Waals surface area contributed by atoms with E-state index in [0.717, 1.165) is 16.2 Å². The molecule has 0 aliphatic heterocycles. The highest BCUT2D eigenvalue weighted by molar-refractivity contribution is 7.80. The van der Waals surface area contributed by atoms with E-state index < -0.39 is 29.8 Å². The predicted octanol–water partition coefficient (Wildman–Crippen LogP) is 4.33. The van der Waals surface area contributed by atoms with Gasteiger partial charge in [-0.25, -0.2) is 4.79 Å². The number of carboxylic acids is 1. The Balaban J connectivity index is 2.51. The van der Waals surface area contributed by atoms with E-state index in [2.05, 4.69) is 12.6 Å². The molecule has 150 valence electrons. The summed E-state index contributed by atoms with van der Waals surface area (Å²) in [5, 5.41) is 10.9. The molecule has 0 saturated heterocycles. The van der Waals surface area contributed by atoms with Crippen LogP contribution in [0.15, 0.2) is 60.7 Å². The van der Waals surface area contributed by atoms with Crippen LogP contribution < -0.4 is 0 Å². The van der Waals surface area contributed by atoms with Crippen LogP contribution in [0.3, 0.4) is 0 Å². The predicted molar refractivity (Wildman–Crippen MR) is 109 cm³/mol. The molecule has 0 fully saturated rings. The van der Waals surface area contributed by atoms with E-state index in [1.54, 1.807) is 20.8 Å². The van der Waals surface area contributed by atoms with Crippen molar-refractivity contribution in [2.75, 3.05) is 5.75 Å². The molecule has 1 atom stereocenters. The molecule has 0 radical (unpaired) electrons. The van der Waals surface area contributed by atoms with Crippen LogP contribution in [0.4, 0.5) is 4.79 Å². The fraction of sp³-hybridized carbons (Fsp3) is 0.333. The SMILES string of the molecule is CC(C)(C)OC(=O)ON(C(c1ccccc1)c1ccccc1)[C@H](CS)C(=O)O. The van der Waals surface area contributed by atoms with Gasteiger partial charge in [-0.1, -0.05) is 60.7 Å². The molecule has 7 heteroatoms. The minimum Gasteiger partial charge on any atom is -0.480 e. The van der Waals surface area contributed by atoms with Crippen LogP contribution in [0.2, 0.25) is 0 Å².